The van der Waals surface area contributed by atoms with E-state index >= 15 is 0 Å². The summed E-state index contributed by atoms with van der Waals surface area (Å²) in [7, 11) is 1.70. The average molecular weight is 699 g/mol. The predicted molar refractivity (Wildman–Crippen MR) is 181 cm³/mol. The van der Waals surface area contributed by atoms with Gasteiger partial charge in [-0.2, -0.15) is 3.64 Å². The van der Waals surface area contributed by atoms with Crippen LogP contribution in [0.4, 0.5) is 11.5 Å². The summed E-state index contributed by atoms with van der Waals surface area (Å²) in [5.74, 6) is 1.33. The maximum Gasteiger partial charge on any atom is 0.253 e. The van der Waals surface area contributed by atoms with Crippen molar-refractivity contribution in [2.24, 2.45) is 0 Å². The lowest BCUT2D eigenvalue weighted by molar-refractivity contribution is 0.0943. The van der Waals surface area contributed by atoms with Gasteiger partial charge in [-0.3, -0.25) is 15.2 Å². The SMILES string of the molecule is COc1ccc(N(Cc2cnccc2C)C2CCN([C@H](C)CCNC(=O)c3c(C)cc(N(C=N)NI)nc3C)CC2)cc1. The summed E-state index contributed by atoms with van der Waals surface area (Å²) >= 11 is 1.95. The highest BCUT2D eigenvalue weighted by molar-refractivity contribution is 14.1. The van der Waals surface area contributed by atoms with Crippen LogP contribution in [0.25, 0.3) is 0 Å². The second kappa shape index (κ2) is 15.4. The van der Waals surface area contributed by atoms with Crippen molar-refractivity contribution in [3.05, 3.63) is 76.7 Å². The molecule has 1 saturated heterocycles. The number of hydrogen-bond acceptors (Lipinski definition) is 8. The van der Waals surface area contributed by atoms with Crippen LogP contribution in [-0.4, -0.2) is 65.9 Å². The Morgan fingerprint density at radius 3 is 2.51 bits per heavy atom. The van der Waals surface area contributed by atoms with Gasteiger partial charge in [0.1, 0.15) is 17.9 Å². The number of pyridine rings is 2. The lowest BCUT2D eigenvalue weighted by Crippen LogP contribution is -2.48. The van der Waals surface area contributed by atoms with Gasteiger partial charge in [0.05, 0.1) is 18.4 Å². The van der Waals surface area contributed by atoms with E-state index in [2.05, 4.69) is 60.8 Å². The zero-order valence-electron chi connectivity index (χ0n) is 25.7. The van der Waals surface area contributed by atoms with Crippen LogP contribution in [-0.2, 0) is 6.54 Å². The van der Waals surface area contributed by atoms with Crippen LogP contribution in [0.2, 0.25) is 0 Å². The number of benzene rings is 1. The molecule has 230 valence electrons. The molecule has 0 spiro atoms. The molecule has 1 atom stereocenters. The Labute approximate surface area is 269 Å². The number of amides is 1. The summed E-state index contributed by atoms with van der Waals surface area (Å²) in [6.45, 7) is 11.6. The number of hydrazine groups is 1. The molecular weight excluding hydrogens is 655 g/mol. The van der Waals surface area contributed by atoms with Gasteiger partial charge in [0.25, 0.3) is 5.91 Å². The second-order valence-corrected chi connectivity index (χ2v) is 11.6. The molecule has 11 heteroatoms. The average Bonchev–Trinajstić information content (AvgIpc) is 3.01. The number of aromatic nitrogens is 2. The zero-order valence-corrected chi connectivity index (χ0v) is 27.9. The van der Waals surface area contributed by atoms with Crippen molar-refractivity contribution < 1.29 is 9.53 Å². The van der Waals surface area contributed by atoms with Crippen LogP contribution in [0, 0.1) is 26.2 Å². The Morgan fingerprint density at radius 1 is 1.19 bits per heavy atom. The van der Waals surface area contributed by atoms with E-state index < -0.39 is 0 Å². The van der Waals surface area contributed by atoms with Crippen LogP contribution in [0.5, 0.6) is 5.75 Å². The molecule has 0 unspecified atom stereocenters. The van der Waals surface area contributed by atoms with Gasteiger partial charge in [0.2, 0.25) is 0 Å². The van der Waals surface area contributed by atoms with Gasteiger partial charge in [-0.05, 0) is 100 Å². The highest BCUT2D eigenvalue weighted by atomic mass is 127. The summed E-state index contributed by atoms with van der Waals surface area (Å²) < 4.78 is 8.27. The first kappa shape index (κ1) is 32.6. The van der Waals surface area contributed by atoms with Gasteiger partial charge in [0.15, 0.2) is 0 Å². The molecule has 0 saturated carbocycles. The Balaban J connectivity index is 1.33. The smallest absolute Gasteiger partial charge is 0.253 e. The van der Waals surface area contributed by atoms with Gasteiger partial charge >= 0.3 is 0 Å². The third-order valence-electron chi connectivity index (χ3n) is 8.38. The van der Waals surface area contributed by atoms with Crippen molar-refractivity contribution in [3.63, 3.8) is 0 Å². The number of carbonyl (C=O) groups excluding carboxylic acids is 1. The second-order valence-electron chi connectivity index (χ2n) is 11.1. The number of rotatable bonds is 13. The van der Waals surface area contributed by atoms with Crippen molar-refractivity contribution in [1.29, 1.82) is 5.41 Å². The third kappa shape index (κ3) is 8.21. The van der Waals surface area contributed by atoms with Crippen molar-refractivity contribution in [1.82, 2.24) is 23.8 Å². The molecule has 1 aromatic carbocycles. The molecule has 1 aliphatic heterocycles. The molecule has 1 amide bonds. The number of hydrogen-bond donors (Lipinski definition) is 3. The highest BCUT2D eigenvalue weighted by Crippen LogP contribution is 2.29. The number of ether oxygens (including phenoxy) is 1. The van der Waals surface area contributed by atoms with Crippen molar-refractivity contribution >= 4 is 46.6 Å². The van der Waals surface area contributed by atoms with Crippen LogP contribution in [0.3, 0.4) is 0 Å². The normalized spacial score (nSPS) is 14.7. The number of halogens is 1. The molecule has 43 heavy (non-hydrogen) atoms. The van der Waals surface area contributed by atoms with E-state index in [4.69, 9.17) is 10.1 Å². The van der Waals surface area contributed by atoms with E-state index in [0.717, 1.165) is 56.5 Å². The van der Waals surface area contributed by atoms with Crippen LogP contribution >= 0.6 is 22.9 Å². The minimum absolute atomic E-state index is 0.107. The Morgan fingerprint density at radius 2 is 1.91 bits per heavy atom. The molecule has 10 nitrogen and oxygen atoms in total. The molecule has 1 fully saturated rings. The number of anilines is 2. The first-order chi connectivity index (χ1) is 20.7. The zero-order chi connectivity index (χ0) is 30.9. The molecule has 3 aromatic rings. The first-order valence-electron chi connectivity index (χ1n) is 14.7. The highest BCUT2D eigenvalue weighted by Gasteiger charge is 2.28. The molecule has 4 rings (SSSR count). The predicted octanol–water partition coefficient (Wildman–Crippen LogP) is 5.36. The number of likely N-dealkylation sites (tertiary alicyclic amines) is 1. The maximum absolute atomic E-state index is 13.1. The molecule has 0 radical (unpaired) electrons. The summed E-state index contributed by atoms with van der Waals surface area (Å²) in [4.78, 5) is 27.0. The summed E-state index contributed by atoms with van der Waals surface area (Å²) in [5, 5.41) is 12.1. The standard InChI is InChI=1S/C32H43IN8O2/c1-22-10-14-35-19-26(22)20-40(27-6-8-29(43-5)9-7-27)28-12-16-39(17-13-28)24(3)11-15-36-32(42)31-23(2)18-30(37-25(31)4)41(21-34)38-33/h6-10,14,18-19,21,24,28,34,38H,11-13,15-17,20H2,1-5H3,(H,36,42)/t24-/m1/s1. The number of nitrogens with one attached hydrogen (secondary N) is 3. The molecule has 3 heterocycles. The fraction of sp³-hybridized carbons (Fsp3) is 0.438. The van der Waals surface area contributed by atoms with Gasteiger partial charge in [-0.25, -0.2) is 9.99 Å². The van der Waals surface area contributed by atoms with Crippen molar-refractivity contribution in [3.8, 4) is 5.75 Å². The molecule has 0 bridgehead atoms. The molecule has 2 aromatic heterocycles. The Bertz CT molecular complexity index is 1360. The molecule has 0 aliphatic carbocycles. The van der Waals surface area contributed by atoms with E-state index in [1.165, 1.54) is 21.8 Å². The van der Waals surface area contributed by atoms with E-state index in [1.54, 1.807) is 7.11 Å². The number of aryl methyl sites for hydroxylation is 3. The van der Waals surface area contributed by atoms with Gasteiger partial charge in [0, 0.05) is 79.2 Å². The fourth-order valence-corrected chi connectivity index (χ4v) is 6.15. The summed E-state index contributed by atoms with van der Waals surface area (Å²) in [6.07, 6.45) is 7.99. The van der Waals surface area contributed by atoms with E-state index in [-0.39, 0.29) is 5.91 Å². The summed E-state index contributed by atoms with van der Waals surface area (Å²) in [5.41, 5.74) is 5.76. The molecule has 3 N–H and O–H groups in total. The molecule has 1 aliphatic rings. The number of piperidine rings is 1. The van der Waals surface area contributed by atoms with E-state index in [1.807, 2.05) is 67.3 Å². The lowest BCUT2D eigenvalue weighted by atomic mass is 9.99. The number of nitrogens with zero attached hydrogens (tertiary/aromatic N) is 5. The van der Waals surface area contributed by atoms with Crippen molar-refractivity contribution in [2.45, 2.75) is 65.6 Å². The fourth-order valence-electron chi connectivity index (χ4n) is 5.77. The molecular formula is C32H43IN8O2. The van der Waals surface area contributed by atoms with Crippen LogP contribution in [0.1, 0.15) is 58.9 Å². The first-order valence-corrected chi connectivity index (χ1v) is 15.8. The largest absolute Gasteiger partial charge is 0.497 e. The van der Waals surface area contributed by atoms with E-state index in [9.17, 15) is 4.79 Å². The Kier molecular flexibility index (Phi) is 11.7. The minimum Gasteiger partial charge on any atom is -0.497 e. The number of methoxy groups -OCH3 is 1. The topological polar surface area (TPSA) is 110 Å². The quantitative estimate of drug-likeness (QED) is 0.0721. The lowest BCUT2D eigenvalue weighted by Gasteiger charge is -2.42. The number of carbonyl (C=O) groups is 1. The van der Waals surface area contributed by atoms with Crippen LogP contribution < -0.4 is 23.6 Å². The third-order valence-corrected chi connectivity index (χ3v) is 8.90. The van der Waals surface area contributed by atoms with Gasteiger partial charge < -0.3 is 19.9 Å². The van der Waals surface area contributed by atoms with Crippen molar-refractivity contribution in [2.75, 3.05) is 36.7 Å². The van der Waals surface area contributed by atoms with Gasteiger partial charge in [-0.15, -0.1) is 0 Å². The monoisotopic (exact) mass is 698 g/mol. The maximum atomic E-state index is 13.1. The Hall–Kier alpha value is -3.29. The minimum atomic E-state index is -0.107. The summed E-state index contributed by atoms with van der Waals surface area (Å²) in [6, 6.07) is 13.0. The van der Waals surface area contributed by atoms with Gasteiger partial charge in [-0.1, -0.05) is 0 Å². The van der Waals surface area contributed by atoms with Crippen LogP contribution in [0.15, 0.2) is 48.8 Å². The van der Waals surface area contributed by atoms with E-state index in [0.29, 0.717) is 35.7 Å².